The number of nitrogens with one attached hydrogen (secondary N) is 1. The van der Waals surface area contributed by atoms with Crippen LogP contribution in [0.4, 0.5) is 0 Å². The predicted octanol–water partition coefficient (Wildman–Crippen LogP) is 5.13. The second-order valence-corrected chi connectivity index (χ2v) is 6.47. The van der Waals surface area contributed by atoms with E-state index in [1.165, 1.54) is 0 Å². The molecule has 5 heteroatoms. The highest BCUT2D eigenvalue weighted by Gasteiger charge is 2.06. The Morgan fingerprint density at radius 1 is 0.952 bits per heavy atom. The Morgan fingerprint density at radius 3 is 2.43 bits per heavy atom. The molecule has 3 aromatic rings. The first kappa shape index (κ1) is 14.5. The van der Waals surface area contributed by atoms with Gasteiger partial charge in [0.25, 0.3) is 0 Å². The molecule has 0 bridgehead atoms. The van der Waals surface area contributed by atoms with Crippen LogP contribution in [-0.2, 0) is 5.75 Å². The molecule has 21 heavy (non-hydrogen) atoms. The molecule has 106 valence electrons. The zero-order valence-corrected chi connectivity index (χ0v) is 13.2. The van der Waals surface area contributed by atoms with E-state index < -0.39 is 0 Å². The Labute approximate surface area is 136 Å². The number of H-pyrrole nitrogens is 1. The van der Waals surface area contributed by atoms with Gasteiger partial charge in [-0.2, -0.15) is 0 Å². The summed E-state index contributed by atoms with van der Waals surface area (Å²) in [6, 6.07) is 14.8. The molecule has 0 saturated carbocycles. The summed E-state index contributed by atoms with van der Waals surface area (Å²) in [6.45, 7) is 0. The number of aromatic amines is 1. The molecule has 0 spiro atoms. The minimum Gasteiger partial charge on any atom is -0.317 e. The van der Waals surface area contributed by atoms with Crippen molar-refractivity contribution in [3.63, 3.8) is 0 Å². The van der Waals surface area contributed by atoms with Crippen molar-refractivity contribution >= 4 is 45.7 Å². The van der Waals surface area contributed by atoms with Gasteiger partial charge in [0.15, 0.2) is 0 Å². The molecule has 0 aliphatic rings. The van der Waals surface area contributed by atoms with Crippen LogP contribution in [0.15, 0.2) is 58.4 Å². The van der Waals surface area contributed by atoms with Gasteiger partial charge in [0, 0.05) is 27.3 Å². The molecule has 0 radical (unpaired) electrons. The van der Waals surface area contributed by atoms with Gasteiger partial charge in [-0.15, -0.1) is 11.8 Å². The van der Waals surface area contributed by atoms with E-state index in [2.05, 4.69) is 4.98 Å². The number of fused-ring (bicyclic) bond motifs is 1. The highest BCUT2D eigenvalue weighted by Crippen LogP contribution is 2.29. The van der Waals surface area contributed by atoms with Gasteiger partial charge in [-0.1, -0.05) is 41.4 Å². The second-order valence-electron chi connectivity index (χ2n) is 4.61. The van der Waals surface area contributed by atoms with Crippen molar-refractivity contribution < 1.29 is 0 Å². The van der Waals surface area contributed by atoms with Gasteiger partial charge in [-0.3, -0.25) is 4.79 Å². The van der Waals surface area contributed by atoms with E-state index >= 15 is 0 Å². The molecule has 0 saturated heterocycles. The molecule has 0 amide bonds. The standard InChI is InChI=1S/C16H11Cl2NOS/c17-12-4-1-10(2-5-12)9-21-16-14-8-13(18)6-3-11(14)7-15(20)19-16/h1-8H,9H2,(H,19,20). The number of hydrogen-bond donors (Lipinski definition) is 1. The van der Waals surface area contributed by atoms with E-state index in [-0.39, 0.29) is 5.56 Å². The first-order valence-corrected chi connectivity index (χ1v) is 8.06. The first-order valence-electron chi connectivity index (χ1n) is 6.32. The van der Waals surface area contributed by atoms with Crippen LogP contribution in [0.3, 0.4) is 0 Å². The summed E-state index contributed by atoms with van der Waals surface area (Å²) in [7, 11) is 0. The van der Waals surface area contributed by atoms with Crippen LogP contribution in [0.25, 0.3) is 10.8 Å². The van der Waals surface area contributed by atoms with E-state index in [4.69, 9.17) is 23.2 Å². The van der Waals surface area contributed by atoms with Gasteiger partial charge in [0.05, 0.1) is 5.03 Å². The zero-order valence-electron chi connectivity index (χ0n) is 10.9. The maximum atomic E-state index is 11.7. The van der Waals surface area contributed by atoms with E-state index in [0.29, 0.717) is 10.0 Å². The van der Waals surface area contributed by atoms with Gasteiger partial charge in [-0.25, -0.2) is 0 Å². The van der Waals surface area contributed by atoms with Crippen LogP contribution < -0.4 is 5.56 Å². The van der Waals surface area contributed by atoms with Crippen LogP contribution >= 0.6 is 35.0 Å². The summed E-state index contributed by atoms with van der Waals surface area (Å²) in [6.07, 6.45) is 0. The molecule has 0 unspecified atom stereocenters. The number of aromatic nitrogens is 1. The summed E-state index contributed by atoms with van der Waals surface area (Å²) in [5, 5.41) is 4.05. The molecule has 0 atom stereocenters. The van der Waals surface area contributed by atoms with Crippen molar-refractivity contribution in [2.75, 3.05) is 0 Å². The average Bonchev–Trinajstić information content (AvgIpc) is 2.47. The van der Waals surface area contributed by atoms with Crippen molar-refractivity contribution in [3.8, 4) is 0 Å². The van der Waals surface area contributed by atoms with Gasteiger partial charge in [0.1, 0.15) is 0 Å². The van der Waals surface area contributed by atoms with Gasteiger partial charge < -0.3 is 4.98 Å². The van der Waals surface area contributed by atoms with Crippen molar-refractivity contribution in [3.05, 3.63) is 74.5 Å². The van der Waals surface area contributed by atoms with Gasteiger partial charge in [-0.05, 0) is 35.2 Å². The van der Waals surface area contributed by atoms with Crippen LogP contribution in [0.2, 0.25) is 10.0 Å². The Hall–Kier alpha value is -1.42. The molecular weight excluding hydrogens is 325 g/mol. The normalized spacial score (nSPS) is 11.0. The third-order valence-corrected chi connectivity index (χ3v) is 4.66. The van der Waals surface area contributed by atoms with Gasteiger partial charge in [0.2, 0.25) is 5.56 Å². The largest absolute Gasteiger partial charge is 0.317 e. The minimum atomic E-state index is -0.108. The van der Waals surface area contributed by atoms with Crippen LogP contribution in [0.5, 0.6) is 0 Å². The number of halogens is 2. The lowest BCUT2D eigenvalue weighted by Gasteiger charge is -2.07. The molecule has 2 nitrogen and oxygen atoms in total. The highest BCUT2D eigenvalue weighted by atomic mass is 35.5. The Kier molecular flexibility index (Phi) is 4.24. The smallest absolute Gasteiger partial charge is 0.249 e. The Balaban J connectivity index is 1.94. The predicted molar refractivity (Wildman–Crippen MR) is 90.6 cm³/mol. The number of pyridine rings is 1. The molecule has 0 fully saturated rings. The van der Waals surface area contributed by atoms with E-state index in [1.54, 1.807) is 23.9 Å². The maximum Gasteiger partial charge on any atom is 0.249 e. The molecule has 0 aliphatic carbocycles. The third kappa shape index (κ3) is 3.43. The van der Waals surface area contributed by atoms with Crippen molar-refractivity contribution in [1.82, 2.24) is 4.98 Å². The van der Waals surface area contributed by atoms with Crippen LogP contribution in [-0.4, -0.2) is 4.98 Å². The SMILES string of the molecule is O=c1cc2ccc(Cl)cc2c(SCc2ccc(Cl)cc2)[nH]1. The monoisotopic (exact) mass is 335 g/mol. The number of benzene rings is 2. The average molecular weight is 336 g/mol. The first-order chi connectivity index (χ1) is 10.1. The van der Waals surface area contributed by atoms with Crippen LogP contribution in [0, 0.1) is 0 Å². The fourth-order valence-corrected chi connectivity index (χ4v) is 3.36. The third-order valence-electron chi connectivity index (χ3n) is 3.08. The zero-order chi connectivity index (χ0) is 14.8. The molecule has 0 aliphatic heterocycles. The topological polar surface area (TPSA) is 32.9 Å². The van der Waals surface area contributed by atoms with Crippen molar-refractivity contribution in [2.24, 2.45) is 0 Å². The quantitative estimate of drug-likeness (QED) is 0.673. The van der Waals surface area contributed by atoms with E-state index in [1.807, 2.05) is 36.4 Å². The lowest BCUT2D eigenvalue weighted by Crippen LogP contribution is -2.05. The lowest BCUT2D eigenvalue weighted by atomic mass is 10.2. The maximum absolute atomic E-state index is 11.7. The fourth-order valence-electron chi connectivity index (χ4n) is 2.06. The van der Waals surface area contributed by atoms with Crippen molar-refractivity contribution in [1.29, 1.82) is 0 Å². The molecular formula is C16H11Cl2NOS. The minimum absolute atomic E-state index is 0.108. The Bertz CT molecular complexity index is 843. The number of thioether (sulfide) groups is 1. The van der Waals surface area contributed by atoms with Crippen LogP contribution in [0.1, 0.15) is 5.56 Å². The van der Waals surface area contributed by atoms with E-state index in [0.717, 1.165) is 27.1 Å². The molecule has 1 N–H and O–H groups in total. The number of rotatable bonds is 3. The van der Waals surface area contributed by atoms with E-state index in [9.17, 15) is 4.79 Å². The summed E-state index contributed by atoms with van der Waals surface area (Å²) in [5.41, 5.74) is 1.03. The molecule has 1 aromatic heterocycles. The fraction of sp³-hybridized carbons (Fsp3) is 0.0625. The summed E-state index contributed by atoms with van der Waals surface area (Å²) in [4.78, 5) is 14.6. The summed E-state index contributed by atoms with van der Waals surface area (Å²) >= 11 is 13.5. The summed E-state index contributed by atoms with van der Waals surface area (Å²) in [5.74, 6) is 0.749. The summed E-state index contributed by atoms with van der Waals surface area (Å²) < 4.78 is 0. The lowest BCUT2D eigenvalue weighted by molar-refractivity contribution is 1.11. The molecule has 1 heterocycles. The molecule has 2 aromatic carbocycles. The second kappa shape index (κ2) is 6.14. The molecule has 3 rings (SSSR count). The highest BCUT2D eigenvalue weighted by molar-refractivity contribution is 7.98. The van der Waals surface area contributed by atoms with Gasteiger partial charge >= 0.3 is 0 Å². The number of hydrogen-bond acceptors (Lipinski definition) is 2. The van der Waals surface area contributed by atoms with Crippen molar-refractivity contribution in [2.45, 2.75) is 10.8 Å². The Morgan fingerprint density at radius 2 is 1.67 bits per heavy atom.